The fraction of sp³-hybridized carbons (Fsp3) is 0.538. The molecule has 0 saturated heterocycles. The SMILES string of the molecule is O=C(O)c1ccc(Cl)nc1NC1CCCCC1CO. The molecule has 0 spiro atoms. The van der Waals surface area contributed by atoms with Gasteiger partial charge in [-0.3, -0.25) is 0 Å². The minimum absolute atomic E-state index is 0.0443. The quantitative estimate of drug-likeness (QED) is 0.740. The van der Waals surface area contributed by atoms with E-state index in [9.17, 15) is 9.90 Å². The topological polar surface area (TPSA) is 82.5 Å². The number of aliphatic hydroxyl groups excluding tert-OH is 1. The fourth-order valence-electron chi connectivity index (χ4n) is 2.51. The van der Waals surface area contributed by atoms with Crippen LogP contribution in [0.15, 0.2) is 12.1 Å². The van der Waals surface area contributed by atoms with E-state index in [0.29, 0.717) is 0 Å². The normalized spacial score (nSPS) is 23.1. The Morgan fingerprint density at radius 2 is 2.16 bits per heavy atom. The molecule has 1 aliphatic carbocycles. The van der Waals surface area contributed by atoms with Crippen LogP contribution in [-0.2, 0) is 0 Å². The molecule has 3 N–H and O–H groups in total. The summed E-state index contributed by atoms with van der Waals surface area (Å²) in [5, 5.41) is 21.9. The Kier molecular flexibility index (Phi) is 4.61. The molecule has 1 aromatic rings. The standard InChI is InChI=1S/C13H17ClN2O3/c14-11-6-5-9(13(18)19)12(16-11)15-10-4-2-1-3-8(10)7-17/h5-6,8,10,17H,1-4,7H2,(H,15,16)(H,18,19). The minimum atomic E-state index is -1.04. The molecule has 2 rings (SSSR count). The zero-order valence-corrected chi connectivity index (χ0v) is 11.2. The van der Waals surface area contributed by atoms with Crippen LogP contribution in [0.5, 0.6) is 0 Å². The van der Waals surface area contributed by atoms with Gasteiger partial charge in [-0.05, 0) is 25.0 Å². The van der Waals surface area contributed by atoms with Gasteiger partial charge in [-0.1, -0.05) is 24.4 Å². The smallest absolute Gasteiger partial charge is 0.339 e. The van der Waals surface area contributed by atoms with Crippen molar-refractivity contribution in [2.75, 3.05) is 11.9 Å². The fourth-order valence-corrected chi connectivity index (χ4v) is 2.66. The number of carboxylic acids is 1. The third-order valence-electron chi connectivity index (χ3n) is 3.56. The highest BCUT2D eigenvalue weighted by atomic mass is 35.5. The van der Waals surface area contributed by atoms with E-state index in [1.54, 1.807) is 0 Å². The van der Waals surface area contributed by atoms with Gasteiger partial charge in [0.2, 0.25) is 0 Å². The van der Waals surface area contributed by atoms with Gasteiger partial charge < -0.3 is 15.5 Å². The number of carbonyl (C=O) groups is 1. The summed E-state index contributed by atoms with van der Waals surface area (Å²) < 4.78 is 0. The molecule has 2 unspecified atom stereocenters. The van der Waals surface area contributed by atoms with E-state index in [-0.39, 0.29) is 35.1 Å². The number of halogens is 1. The van der Waals surface area contributed by atoms with Crippen molar-refractivity contribution in [1.29, 1.82) is 0 Å². The van der Waals surface area contributed by atoms with Crippen LogP contribution in [0.1, 0.15) is 36.0 Å². The number of hydrogen-bond acceptors (Lipinski definition) is 4. The van der Waals surface area contributed by atoms with Crippen LogP contribution in [0.2, 0.25) is 5.15 Å². The highest BCUT2D eigenvalue weighted by molar-refractivity contribution is 6.29. The number of aromatic nitrogens is 1. The van der Waals surface area contributed by atoms with E-state index in [4.69, 9.17) is 16.7 Å². The van der Waals surface area contributed by atoms with E-state index >= 15 is 0 Å². The first-order chi connectivity index (χ1) is 9.11. The second kappa shape index (κ2) is 6.21. The van der Waals surface area contributed by atoms with Gasteiger partial charge in [0.15, 0.2) is 0 Å². The number of aromatic carboxylic acids is 1. The van der Waals surface area contributed by atoms with Crippen molar-refractivity contribution in [2.24, 2.45) is 5.92 Å². The predicted octanol–water partition coefficient (Wildman–Crippen LogP) is 2.40. The Balaban J connectivity index is 2.21. The molecule has 2 atom stereocenters. The van der Waals surface area contributed by atoms with Crippen molar-refractivity contribution >= 4 is 23.4 Å². The summed E-state index contributed by atoms with van der Waals surface area (Å²) in [6.45, 7) is 0.0979. The molecule has 6 heteroatoms. The summed E-state index contributed by atoms with van der Waals surface area (Å²) in [5.74, 6) is -0.621. The zero-order chi connectivity index (χ0) is 13.8. The van der Waals surface area contributed by atoms with Crippen molar-refractivity contribution in [3.63, 3.8) is 0 Å². The molecule has 1 aliphatic rings. The van der Waals surface area contributed by atoms with Crippen LogP contribution >= 0.6 is 11.6 Å². The molecule has 0 bridgehead atoms. The maximum absolute atomic E-state index is 11.2. The molecule has 1 saturated carbocycles. The van der Waals surface area contributed by atoms with Crippen LogP contribution in [0, 0.1) is 5.92 Å². The molecule has 1 aromatic heterocycles. The zero-order valence-electron chi connectivity index (χ0n) is 10.5. The molecular formula is C13H17ClN2O3. The average molecular weight is 285 g/mol. The molecular weight excluding hydrogens is 268 g/mol. The summed E-state index contributed by atoms with van der Waals surface area (Å²) in [6.07, 6.45) is 4.00. The molecule has 1 heterocycles. The van der Waals surface area contributed by atoms with Crippen LogP contribution in [0.3, 0.4) is 0 Å². The van der Waals surface area contributed by atoms with Crippen molar-refractivity contribution in [3.05, 3.63) is 22.8 Å². The molecule has 104 valence electrons. The Bertz CT molecular complexity index is 467. The summed E-state index contributed by atoms with van der Waals surface area (Å²) in [7, 11) is 0. The number of hydrogen-bond donors (Lipinski definition) is 3. The van der Waals surface area contributed by atoms with Gasteiger partial charge >= 0.3 is 5.97 Å². The lowest BCUT2D eigenvalue weighted by atomic mass is 9.85. The lowest BCUT2D eigenvalue weighted by Gasteiger charge is -2.31. The Labute approximate surface area is 116 Å². The molecule has 1 fully saturated rings. The van der Waals surface area contributed by atoms with Crippen molar-refractivity contribution in [2.45, 2.75) is 31.7 Å². The highest BCUT2D eigenvalue weighted by Crippen LogP contribution is 2.28. The summed E-state index contributed by atoms with van der Waals surface area (Å²) >= 11 is 5.82. The Hall–Kier alpha value is -1.33. The molecule has 0 aromatic carbocycles. The number of rotatable bonds is 4. The third-order valence-corrected chi connectivity index (χ3v) is 3.77. The second-order valence-corrected chi connectivity index (χ2v) is 5.20. The van der Waals surface area contributed by atoms with Gasteiger partial charge in [-0.25, -0.2) is 9.78 Å². The van der Waals surface area contributed by atoms with Gasteiger partial charge in [-0.2, -0.15) is 0 Å². The van der Waals surface area contributed by atoms with E-state index in [0.717, 1.165) is 25.7 Å². The lowest BCUT2D eigenvalue weighted by molar-refractivity contribution is 0.0697. The predicted molar refractivity (Wildman–Crippen MR) is 72.7 cm³/mol. The van der Waals surface area contributed by atoms with Crippen LogP contribution in [0.25, 0.3) is 0 Å². The van der Waals surface area contributed by atoms with Gasteiger partial charge in [0.1, 0.15) is 16.5 Å². The van der Waals surface area contributed by atoms with Crippen LogP contribution < -0.4 is 5.32 Å². The first-order valence-corrected chi connectivity index (χ1v) is 6.77. The van der Waals surface area contributed by atoms with E-state index in [1.807, 2.05) is 0 Å². The third kappa shape index (κ3) is 3.36. The van der Waals surface area contributed by atoms with E-state index in [1.165, 1.54) is 12.1 Å². The largest absolute Gasteiger partial charge is 0.478 e. The van der Waals surface area contributed by atoms with Gasteiger partial charge in [0.05, 0.1) is 0 Å². The number of anilines is 1. The van der Waals surface area contributed by atoms with Gasteiger partial charge in [0, 0.05) is 18.6 Å². The summed E-state index contributed by atoms with van der Waals surface area (Å²) in [6, 6.07) is 2.94. The number of nitrogens with one attached hydrogen (secondary N) is 1. The lowest BCUT2D eigenvalue weighted by Crippen LogP contribution is -2.35. The monoisotopic (exact) mass is 284 g/mol. The molecule has 5 nitrogen and oxygen atoms in total. The van der Waals surface area contributed by atoms with Crippen molar-refractivity contribution < 1.29 is 15.0 Å². The summed E-state index contributed by atoms with van der Waals surface area (Å²) in [5.41, 5.74) is 0.103. The summed E-state index contributed by atoms with van der Waals surface area (Å²) in [4.78, 5) is 15.2. The first-order valence-electron chi connectivity index (χ1n) is 6.39. The number of carboxylic acid groups (broad SMARTS) is 1. The number of pyridine rings is 1. The number of aliphatic hydroxyl groups is 1. The second-order valence-electron chi connectivity index (χ2n) is 4.81. The Morgan fingerprint density at radius 1 is 1.42 bits per heavy atom. The minimum Gasteiger partial charge on any atom is -0.478 e. The van der Waals surface area contributed by atoms with Gasteiger partial charge in [-0.15, -0.1) is 0 Å². The Morgan fingerprint density at radius 3 is 2.84 bits per heavy atom. The molecule has 0 aliphatic heterocycles. The van der Waals surface area contributed by atoms with Gasteiger partial charge in [0.25, 0.3) is 0 Å². The van der Waals surface area contributed by atoms with Crippen molar-refractivity contribution in [3.8, 4) is 0 Å². The van der Waals surface area contributed by atoms with Crippen molar-refractivity contribution in [1.82, 2.24) is 4.98 Å². The maximum atomic E-state index is 11.2. The number of nitrogens with zero attached hydrogens (tertiary/aromatic N) is 1. The van der Waals surface area contributed by atoms with E-state index in [2.05, 4.69) is 10.3 Å². The molecule has 0 radical (unpaired) electrons. The highest BCUT2D eigenvalue weighted by Gasteiger charge is 2.26. The van der Waals surface area contributed by atoms with E-state index < -0.39 is 5.97 Å². The van der Waals surface area contributed by atoms with Crippen LogP contribution in [-0.4, -0.2) is 33.8 Å². The van der Waals surface area contributed by atoms with Crippen LogP contribution in [0.4, 0.5) is 5.82 Å². The molecule has 0 amide bonds. The molecule has 19 heavy (non-hydrogen) atoms. The first kappa shape index (κ1) is 14.1. The maximum Gasteiger partial charge on any atom is 0.339 e. The average Bonchev–Trinajstić information content (AvgIpc) is 2.39.